The third-order valence-electron chi connectivity index (χ3n) is 3.30. The number of carbonyl (C=O) groups is 1. The highest BCUT2D eigenvalue weighted by molar-refractivity contribution is 5.81. The number of hydrogen-bond acceptors (Lipinski definition) is 3. The Morgan fingerprint density at radius 3 is 2.68 bits per heavy atom. The average molecular weight is 266 g/mol. The van der Waals surface area contributed by atoms with Gasteiger partial charge in [0.2, 0.25) is 5.91 Å². The van der Waals surface area contributed by atoms with Crippen molar-refractivity contribution in [1.29, 1.82) is 0 Å². The van der Waals surface area contributed by atoms with Crippen LogP contribution in [-0.2, 0) is 11.3 Å². The predicted octanol–water partition coefficient (Wildman–Crippen LogP) is 1.56. The van der Waals surface area contributed by atoms with Crippen molar-refractivity contribution in [2.75, 3.05) is 6.54 Å². The number of nitrogens with zero attached hydrogens (tertiary/aromatic N) is 2. The molecule has 0 saturated carbocycles. The van der Waals surface area contributed by atoms with Crippen LogP contribution in [0.15, 0.2) is 18.5 Å². The molecule has 1 aromatic rings. The summed E-state index contributed by atoms with van der Waals surface area (Å²) in [6.45, 7) is 7.79. The molecular formula is C14H26N4O. The molecule has 2 N–H and O–H groups in total. The first-order valence-electron chi connectivity index (χ1n) is 7.18. The number of amides is 1. The van der Waals surface area contributed by atoms with E-state index in [0.717, 1.165) is 32.4 Å². The molecule has 5 heteroatoms. The fourth-order valence-corrected chi connectivity index (χ4v) is 1.90. The molecule has 1 atom stereocenters. The Labute approximate surface area is 115 Å². The van der Waals surface area contributed by atoms with Gasteiger partial charge in [-0.05, 0) is 38.8 Å². The van der Waals surface area contributed by atoms with E-state index in [2.05, 4.69) is 29.6 Å². The Balaban J connectivity index is 2.15. The predicted molar refractivity (Wildman–Crippen MR) is 76.8 cm³/mol. The van der Waals surface area contributed by atoms with Gasteiger partial charge < -0.3 is 10.6 Å². The van der Waals surface area contributed by atoms with Crippen LogP contribution in [0.25, 0.3) is 0 Å². The van der Waals surface area contributed by atoms with Gasteiger partial charge in [-0.2, -0.15) is 5.10 Å². The van der Waals surface area contributed by atoms with E-state index >= 15 is 0 Å². The number of aryl methyl sites for hydroxylation is 1. The first-order valence-corrected chi connectivity index (χ1v) is 7.18. The van der Waals surface area contributed by atoms with Gasteiger partial charge in [-0.15, -0.1) is 0 Å². The van der Waals surface area contributed by atoms with Crippen molar-refractivity contribution in [3.63, 3.8) is 0 Å². The molecule has 0 aliphatic rings. The summed E-state index contributed by atoms with van der Waals surface area (Å²) >= 11 is 0. The Morgan fingerprint density at radius 2 is 2.11 bits per heavy atom. The molecule has 1 aromatic heterocycles. The van der Waals surface area contributed by atoms with Crippen molar-refractivity contribution >= 4 is 5.91 Å². The van der Waals surface area contributed by atoms with E-state index in [1.165, 1.54) is 0 Å². The molecule has 0 aromatic carbocycles. The van der Waals surface area contributed by atoms with Crippen molar-refractivity contribution in [1.82, 2.24) is 20.4 Å². The second-order valence-electron chi connectivity index (χ2n) is 4.82. The lowest BCUT2D eigenvalue weighted by Gasteiger charge is -2.19. The minimum Gasteiger partial charge on any atom is -0.352 e. The van der Waals surface area contributed by atoms with Crippen LogP contribution in [0.4, 0.5) is 0 Å². The normalized spacial score (nSPS) is 12.6. The molecule has 0 fully saturated rings. The van der Waals surface area contributed by atoms with E-state index in [4.69, 9.17) is 0 Å². The SMILES string of the molecule is CCC(CC)NC(=O)C(C)NCCCn1cccn1. The maximum Gasteiger partial charge on any atom is 0.237 e. The smallest absolute Gasteiger partial charge is 0.237 e. The zero-order chi connectivity index (χ0) is 14.1. The summed E-state index contributed by atoms with van der Waals surface area (Å²) in [7, 11) is 0. The Hall–Kier alpha value is -1.36. The molecule has 0 aliphatic carbocycles. The maximum atomic E-state index is 11.9. The average Bonchev–Trinajstić information content (AvgIpc) is 2.93. The highest BCUT2D eigenvalue weighted by Crippen LogP contribution is 1.97. The van der Waals surface area contributed by atoms with Gasteiger partial charge >= 0.3 is 0 Å². The molecule has 1 unspecified atom stereocenters. The fourth-order valence-electron chi connectivity index (χ4n) is 1.90. The lowest BCUT2D eigenvalue weighted by atomic mass is 10.1. The summed E-state index contributed by atoms with van der Waals surface area (Å²) in [6.07, 6.45) is 6.65. The van der Waals surface area contributed by atoms with E-state index in [1.807, 2.05) is 23.9 Å². The van der Waals surface area contributed by atoms with Crippen LogP contribution in [0.5, 0.6) is 0 Å². The monoisotopic (exact) mass is 266 g/mol. The van der Waals surface area contributed by atoms with Crippen molar-refractivity contribution in [2.45, 2.75) is 58.7 Å². The summed E-state index contributed by atoms with van der Waals surface area (Å²) in [6, 6.07) is 2.07. The molecule has 1 amide bonds. The minimum atomic E-state index is -0.141. The maximum absolute atomic E-state index is 11.9. The van der Waals surface area contributed by atoms with E-state index in [0.29, 0.717) is 6.04 Å². The van der Waals surface area contributed by atoms with Crippen LogP contribution in [0.2, 0.25) is 0 Å². The third kappa shape index (κ3) is 5.87. The highest BCUT2D eigenvalue weighted by Gasteiger charge is 2.14. The van der Waals surface area contributed by atoms with Crippen molar-refractivity contribution in [3.8, 4) is 0 Å². The van der Waals surface area contributed by atoms with Gasteiger partial charge in [0.25, 0.3) is 0 Å². The zero-order valence-electron chi connectivity index (χ0n) is 12.2. The van der Waals surface area contributed by atoms with Crippen LogP contribution >= 0.6 is 0 Å². The largest absolute Gasteiger partial charge is 0.352 e. The van der Waals surface area contributed by atoms with Gasteiger partial charge in [0.05, 0.1) is 6.04 Å². The molecular weight excluding hydrogens is 240 g/mol. The molecule has 1 heterocycles. The van der Waals surface area contributed by atoms with Crippen LogP contribution in [-0.4, -0.2) is 34.3 Å². The molecule has 5 nitrogen and oxygen atoms in total. The second-order valence-corrected chi connectivity index (χ2v) is 4.82. The third-order valence-corrected chi connectivity index (χ3v) is 3.30. The van der Waals surface area contributed by atoms with Gasteiger partial charge in [-0.1, -0.05) is 13.8 Å². The quantitative estimate of drug-likeness (QED) is 0.667. The summed E-state index contributed by atoms with van der Waals surface area (Å²) < 4.78 is 1.90. The number of nitrogens with one attached hydrogen (secondary N) is 2. The molecule has 0 bridgehead atoms. The van der Waals surface area contributed by atoms with Crippen molar-refractivity contribution < 1.29 is 4.79 Å². The van der Waals surface area contributed by atoms with E-state index < -0.39 is 0 Å². The zero-order valence-corrected chi connectivity index (χ0v) is 12.2. The van der Waals surface area contributed by atoms with E-state index in [9.17, 15) is 4.79 Å². The fraction of sp³-hybridized carbons (Fsp3) is 0.714. The molecule has 0 spiro atoms. The molecule has 0 radical (unpaired) electrons. The summed E-state index contributed by atoms with van der Waals surface area (Å²) in [5, 5.41) is 10.4. The number of rotatable bonds is 9. The van der Waals surface area contributed by atoms with Crippen LogP contribution < -0.4 is 10.6 Å². The molecule has 19 heavy (non-hydrogen) atoms. The highest BCUT2D eigenvalue weighted by atomic mass is 16.2. The molecule has 0 saturated heterocycles. The summed E-state index contributed by atoms with van der Waals surface area (Å²) in [4.78, 5) is 11.9. The first kappa shape index (κ1) is 15.7. The van der Waals surface area contributed by atoms with Crippen LogP contribution in [0.3, 0.4) is 0 Å². The first-order chi connectivity index (χ1) is 9.17. The number of hydrogen-bond donors (Lipinski definition) is 2. The van der Waals surface area contributed by atoms with Gasteiger partial charge in [0.15, 0.2) is 0 Å². The number of aromatic nitrogens is 2. The standard InChI is InChI=1S/C14H26N4O/c1-4-13(5-2)17-14(19)12(3)15-8-6-10-18-11-7-9-16-18/h7,9,11-13,15H,4-6,8,10H2,1-3H3,(H,17,19). The van der Waals surface area contributed by atoms with E-state index in [1.54, 1.807) is 6.20 Å². The molecule has 1 rings (SSSR count). The number of carbonyl (C=O) groups excluding carboxylic acids is 1. The van der Waals surface area contributed by atoms with Gasteiger partial charge in [0.1, 0.15) is 0 Å². The van der Waals surface area contributed by atoms with Crippen molar-refractivity contribution in [3.05, 3.63) is 18.5 Å². The minimum absolute atomic E-state index is 0.0905. The van der Waals surface area contributed by atoms with Crippen molar-refractivity contribution in [2.24, 2.45) is 0 Å². The lowest BCUT2D eigenvalue weighted by molar-refractivity contribution is -0.123. The Kier molecular flexibility index (Phi) is 7.18. The summed E-state index contributed by atoms with van der Waals surface area (Å²) in [5.41, 5.74) is 0. The Bertz CT molecular complexity index is 346. The van der Waals surface area contributed by atoms with Gasteiger partial charge in [-0.25, -0.2) is 0 Å². The van der Waals surface area contributed by atoms with Gasteiger partial charge in [-0.3, -0.25) is 9.48 Å². The topological polar surface area (TPSA) is 59.0 Å². The van der Waals surface area contributed by atoms with Crippen LogP contribution in [0.1, 0.15) is 40.0 Å². The second kappa shape index (κ2) is 8.69. The van der Waals surface area contributed by atoms with Crippen LogP contribution in [0, 0.1) is 0 Å². The molecule has 108 valence electrons. The lowest BCUT2D eigenvalue weighted by Crippen LogP contribution is -2.46. The Morgan fingerprint density at radius 1 is 1.37 bits per heavy atom. The molecule has 0 aliphatic heterocycles. The van der Waals surface area contributed by atoms with Gasteiger partial charge in [0, 0.05) is 25.0 Å². The van der Waals surface area contributed by atoms with E-state index in [-0.39, 0.29) is 11.9 Å². The summed E-state index contributed by atoms with van der Waals surface area (Å²) in [5.74, 6) is 0.0905.